The maximum Gasteiger partial charge on any atom is 0.305 e. The van der Waals surface area contributed by atoms with E-state index in [1.165, 1.54) is 334 Å². The lowest BCUT2D eigenvalue weighted by molar-refractivity contribution is -0.143. The van der Waals surface area contributed by atoms with Crippen LogP contribution in [0, 0.1) is 0 Å². The number of hydrogen-bond acceptors (Lipinski definition) is 5. The average molecular weight is 1140 g/mol. The number of amides is 1. The molecule has 0 fully saturated rings. The number of carbonyl (C=O) groups excluding carboxylic acids is 2. The molecule has 0 saturated carbocycles. The van der Waals surface area contributed by atoms with Gasteiger partial charge in [-0.1, -0.05) is 346 Å². The number of esters is 1. The third-order valence-electron chi connectivity index (χ3n) is 17.1. The van der Waals surface area contributed by atoms with Crippen molar-refractivity contribution >= 4 is 11.9 Å². The van der Waals surface area contributed by atoms with Crippen LogP contribution in [-0.2, 0) is 14.3 Å². The second kappa shape index (κ2) is 70.6. The molecule has 0 aliphatic rings. The minimum Gasteiger partial charge on any atom is -0.466 e. The predicted molar refractivity (Wildman–Crippen MR) is 356 cm³/mol. The molecule has 0 aromatic carbocycles. The summed E-state index contributed by atoms with van der Waals surface area (Å²) in [5.41, 5.74) is 0. The number of aliphatic hydroxyl groups is 2. The molecule has 0 heterocycles. The van der Waals surface area contributed by atoms with Crippen LogP contribution in [-0.4, -0.2) is 47.4 Å². The summed E-state index contributed by atoms with van der Waals surface area (Å²) in [4.78, 5) is 24.6. The molecule has 2 atom stereocenters. The minimum atomic E-state index is -0.845. The van der Waals surface area contributed by atoms with Crippen molar-refractivity contribution in [1.82, 2.24) is 5.32 Å². The molecule has 6 nitrogen and oxygen atoms in total. The third-order valence-corrected chi connectivity index (χ3v) is 17.1. The van der Waals surface area contributed by atoms with Crippen molar-refractivity contribution in [3.05, 3.63) is 36.5 Å². The lowest BCUT2D eigenvalue weighted by Crippen LogP contribution is -2.45. The van der Waals surface area contributed by atoms with Crippen molar-refractivity contribution in [2.75, 3.05) is 13.2 Å². The summed E-state index contributed by atoms with van der Waals surface area (Å²) in [6.45, 7) is 4.92. The second-order valence-electron chi connectivity index (χ2n) is 25.3. The van der Waals surface area contributed by atoms with E-state index in [-0.39, 0.29) is 18.5 Å². The largest absolute Gasteiger partial charge is 0.466 e. The maximum absolute atomic E-state index is 12.5. The summed E-state index contributed by atoms with van der Waals surface area (Å²) >= 11 is 0. The number of nitrogens with one attached hydrogen (secondary N) is 1. The third kappa shape index (κ3) is 67.1. The molecule has 81 heavy (non-hydrogen) atoms. The zero-order valence-corrected chi connectivity index (χ0v) is 54.8. The molecule has 0 bridgehead atoms. The fourth-order valence-electron chi connectivity index (χ4n) is 11.5. The normalized spacial score (nSPS) is 12.7. The highest BCUT2D eigenvalue weighted by molar-refractivity contribution is 5.76. The first kappa shape index (κ1) is 79.1. The Balaban J connectivity index is 3.40. The molecule has 0 rings (SSSR count). The van der Waals surface area contributed by atoms with E-state index in [1.54, 1.807) is 6.08 Å². The van der Waals surface area contributed by atoms with E-state index < -0.39 is 12.1 Å². The lowest BCUT2D eigenvalue weighted by atomic mass is 10.0. The van der Waals surface area contributed by atoms with Crippen LogP contribution in [0.25, 0.3) is 0 Å². The highest BCUT2D eigenvalue weighted by Crippen LogP contribution is 2.19. The first-order valence-electron chi connectivity index (χ1n) is 36.8. The summed E-state index contributed by atoms with van der Waals surface area (Å²) in [6.07, 6.45) is 91.0. The van der Waals surface area contributed by atoms with Crippen LogP contribution in [0.4, 0.5) is 0 Å². The molecule has 478 valence electrons. The summed E-state index contributed by atoms with van der Waals surface area (Å²) in [5.74, 6) is -0.0553. The lowest BCUT2D eigenvalue weighted by Gasteiger charge is -2.20. The van der Waals surface area contributed by atoms with Gasteiger partial charge < -0.3 is 20.3 Å². The summed E-state index contributed by atoms with van der Waals surface area (Å²) in [7, 11) is 0. The summed E-state index contributed by atoms with van der Waals surface area (Å²) < 4.78 is 5.47. The standard InChI is InChI=1S/C75H143NO5/c1-3-5-7-9-11-13-15-17-18-19-20-21-32-35-38-41-44-47-51-55-59-63-67-73(78)72(71-77)76-74(79)68-64-60-56-52-48-45-42-39-36-33-30-28-26-24-22-23-25-27-29-31-34-37-40-43-46-50-54-58-62-66-70-81-75(80)69-65-61-57-53-49-16-14-12-10-8-6-4-2/h12,14,23,25,63,67,72-73,77-78H,3-11,13,15-22,24,26-62,64-66,68-71H2,1-2H3,(H,76,79)/b14-12-,25-23-,67-63+. The van der Waals surface area contributed by atoms with Crippen LogP contribution in [0.2, 0.25) is 0 Å². The van der Waals surface area contributed by atoms with E-state index in [1.807, 2.05) is 6.08 Å². The molecular formula is C75H143NO5. The van der Waals surface area contributed by atoms with Crippen LogP contribution in [0.15, 0.2) is 36.5 Å². The molecule has 0 aliphatic heterocycles. The van der Waals surface area contributed by atoms with Gasteiger partial charge in [-0.15, -0.1) is 0 Å². The van der Waals surface area contributed by atoms with E-state index in [4.69, 9.17) is 4.74 Å². The van der Waals surface area contributed by atoms with Crippen molar-refractivity contribution in [3.63, 3.8) is 0 Å². The molecule has 1 amide bonds. The van der Waals surface area contributed by atoms with E-state index >= 15 is 0 Å². The van der Waals surface area contributed by atoms with Crippen LogP contribution in [0.3, 0.4) is 0 Å². The highest BCUT2D eigenvalue weighted by atomic mass is 16.5. The van der Waals surface area contributed by atoms with Gasteiger partial charge in [0.05, 0.1) is 25.4 Å². The molecule has 3 N–H and O–H groups in total. The SMILES string of the molecule is CCCCC/C=C\CCCCCCCC(=O)OCCCCCCCCCCCCCC/C=C\CCCCCCCCCCCCCCCCC(=O)NC(CO)C(O)/C=C/CCCCCCCCCCCCCCCCCCCCCC. The molecule has 0 aromatic rings. The van der Waals surface area contributed by atoms with Gasteiger partial charge in [0.15, 0.2) is 0 Å². The molecule has 0 aliphatic carbocycles. The Labute approximate surface area is 506 Å². The maximum atomic E-state index is 12.5. The van der Waals surface area contributed by atoms with Crippen molar-refractivity contribution in [1.29, 1.82) is 0 Å². The molecular weight excluding hydrogens is 995 g/mol. The van der Waals surface area contributed by atoms with Crippen molar-refractivity contribution < 1.29 is 24.5 Å². The first-order chi connectivity index (χ1) is 40.0. The molecule has 0 spiro atoms. The number of carbonyl (C=O) groups is 2. The molecule has 2 unspecified atom stereocenters. The first-order valence-corrected chi connectivity index (χ1v) is 36.8. The van der Waals surface area contributed by atoms with Gasteiger partial charge in [0.2, 0.25) is 5.91 Å². The van der Waals surface area contributed by atoms with Gasteiger partial charge in [-0.05, 0) is 83.5 Å². The Morgan fingerprint density at radius 2 is 0.580 bits per heavy atom. The smallest absolute Gasteiger partial charge is 0.305 e. The van der Waals surface area contributed by atoms with Gasteiger partial charge in [0, 0.05) is 12.8 Å². The fourth-order valence-corrected chi connectivity index (χ4v) is 11.5. The van der Waals surface area contributed by atoms with Crippen LogP contribution >= 0.6 is 0 Å². The minimum absolute atomic E-state index is 0.00709. The predicted octanol–water partition coefficient (Wildman–Crippen LogP) is 23.9. The quantitative estimate of drug-likeness (QED) is 0.0320. The van der Waals surface area contributed by atoms with Gasteiger partial charge in [-0.3, -0.25) is 9.59 Å². The number of unbranched alkanes of at least 4 members (excludes halogenated alkanes) is 54. The highest BCUT2D eigenvalue weighted by Gasteiger charge is 2.18. The van der Waals surface area contributed by atoms with E-state index in [2.05, 4.69) is 43.5 Å². The van der Waals surface area contributed by atoms with Crippen molar-refractivity contribution in [3.8, 4) is 0 Å². The number of allylic oxidation sites excluding steroid dienone is 5. The monoisotopic (exact) mass is 1140 g/mol. The number of ether oxygens (including phenoxy) is 1. The Morgan fingerprint density at radius 3 is 0.901 bits per heavy atom. The number of hydrogen-bond donors (Lipinski definition) is 3. The second-order valence-corrected chi connectivity index (χ2v) is 25.3. The van der Waals surface area contributed by atoms with E-state index in [9.17, 15) is 19.8 Å². The molecule has 0 radical (unpaired) electrons. The van der Waals surface area contributed by atoms with Crippen LogP contribution in [0.5, 0.6) is 0 Å². The topological polar surface area (TPSA) is 95.9 Å². The zero-order valence-electron chi connectivity index (χ0n) is 54.8. The van der Waals surface area contributed by atoms with Gasteiger partial charge in [-0.2, -0.15) is 0 Å². The number of aliphatic hydroxyl groups excluding tert-OH is 2. The van der Waals surface area contributed by atoms with E-state index in [0.29, 0.717) is 19.4 Å². The zero-order chi connectivity index (χ0) is 58.5. The fraction of sp³-hybridized carbons (Fsp3) is 0.893. The van der Waals surface area contributed by atoms with Gasteiger partial charge in [0.1, 0.15) is 0 Å². The Bertz CT molecular complexity index is 1310. The van der Waals surface area contributed by atoms with Crippen LogP contribution < -0.4 is 5.32 Å². The van der Waals surface area contributed by atoms with Crippen LogP contribution in [0.1, 0.15) is 406 Å². The average Bonchev–Trinajstić information content (AvgIpc) is 3.47. The summed E-state index contributed by atoms with van der Waals surface area (Å²) in [6, 6.07) is -0.628. The Kier molecular flexibility index (Phi) is 68.9. The molecule has 0 saturated heterocycles. The van der Waals surface area contributed by atoms with Crippen molar-refractivity contribution in [2.45, 2.75) is 418 Å². The Hall–Kier alpha value is -1.92. The van der Waals surface area contributed by atoms with Gasteiger partial charge in [-0.25, -0.2) is 0 Å². The van der Waals surface area contributed by atoms with Crippen molar-refractivity contribution in [2.24, 2.45) is 0 Å². The van der Waals surface area contributed by atoms with Gasteiger partial charge >= 0.3 is 5.97 Å². The molecule has 0 aromatic heterocycles. The number of rotatable bonds is 69. The summed E-state index contributed by atoms with van der Waals surface area (Å²) in [5, 5.41) is 23.3. The van der Waals surface area contributed by atoms with E-state index in [0.717, 1.165) is 44.9 Å². The Morgan fingerprint density at radius 1 is 0.333 bits per heavy atom. The molecule has 6 heteroatoms. The van der Waals surface area contributed by atoms with Gasteiger partial charge in [0.25, 0.3) is 0 Å².